The van der Waals surface area contributed by atoms with Crippen molar-refractivity contribution in [2.75, 3.05) is 6.54 Å². The van der Waals surface area contributed by atoms with Crippen LogP contribution in [0.4, 0.5) is 0 Å². The highest BCUT2D eigenvalue weighted by Crippen LogP contribution is 2.32. The zero-order valence-corrected chi connectivity index (χ0v) is 8.68. The normalized spacial score (nSPS) is 37.4. The van der Waals surface area contributed by atoms with E-state index in [1.165, 1.54) is 38.5 Å². The minimum atomic E-state index is 0.461. The Hall–Kier alpha value is -0.0800. The summed E-state index contributed by atoms with van der Waals surface area (Å²) in [5.74, 6) is 0.748. The Balaban J connectivity index is 1.72. The Morgan fingerprint density at radius 3 is 2.54 bits per heavy atom. The molecule has 13 heavy (non-hydrogen) atoms. The number of hydrogen-bond acceptors (Lipinski definition) is 2. The van der Waals surface area contributed by atoms with E-state index in [0.29, 0.717) is 11.6 Å². The van der Waals surface area contributed by atoms with E-state index in [1.807, 2.05) is 0 Å². The van der Waals surface area contributed by atoms with E-state index in [4.69, 9.17) is 5.73 Å². The first-order valence-corrected chi connectivity index (χ1v) is 5.70. The summed E-state index contributed by atoms with van der Waals surface area (Å²) in [6.45, 7) is 3.49. The van der Waals surface area contributed by atoms with E-state index in [0.717, 1.165) is 12.5 Å². The molecule has 2 nitrogen and oxygen atoms in total. The second-order valence-electron chi connectivity index (χ2n) is 5.15. The summed E-state index contributed by atoms with van der Waals surface area (Å²) in [7, 11) is 0. The fourth-order valence-corrected chi connectivity index (χ4v) is 2.58. The molecule has 3 N–H and O–H groups in total. The van der Waals surface area contributed by atoms with Crippen molar-refractivity contribution in [3.05, 3.63) is 0 Å². The minimum absolute atomic E-state index is 0.461. The average Bonchev–Trinajstić information content (AvgIpc) is 2.44. The summed E-state index contributed by atoms with van der Waals surface area (Å²) in [6.07, 6.45) is 8.03. The van der Waals surface area contributed by atoms with Crippen molar-refractivity contribution in [1.82, 2.24) is 5.32 Å². The molecule has 2 atom stereocenters. The van der Waals surface area contributed by atoms with Gasteiger partial charge in [0.05, 0.1) is 0 Å². The van der Waals surface area contributed by atoms with Gasteiger partial charge in [-0.15, -0.1) is 0 Å². The molecule has 0 aromatic carbocycles. The molecule has 0 bridgehead atoms. The lowest BCUT2D eigenvalue weighted by Gasteiger charge is -2.40. The van der Waals surface area contributed by atoms with Crippen LogP contribution in [-0.2, 0) is 0 Å². The van der Waals surface area contributed by atoms with Crippen molar-refractivity contribution in [1.29, 1.82) is 0 Å². The molecule has 0 spiro atoms. The molecule has 2 saturated carbocycles. The van der Waals surface area contributed by atoms with Crippen LogP contribution in [-0.4, -0.2) is 18.1 Å². The van der Waals surface area contributed by atoms with Gasteiger partial charge in [-0.3, -0.25) is 0 Å². The predicted molar refractivity (Wildman–Crippen MR) is 55.6 cm³/mol. The lowest BCUT2D eigenvalue weighted by molar-refractivity contribution is 0.195. The first kappa shape index (κ1) is 9.47. The molecule has 2 rings (SSSR count). The number of hydrogen-bond donors (Lipinski definition) is 2. The van der Waals surface area contributed by atoms with Gasteiger partial charge in [0.1, 0.15) is 0 Å². The van der Waals surface area contributed by atoms with Crippen LogP contribution in [0, 0.1) is 5.92 Å². The van der Waals surface area contributed by atoms with Crippen molar-refractivity contribution < 1.29 is 0 Å². The third kappa shape index (κ3) is 2.05. The van der Waals surface area contributed by atoms with E-state index < -0.39 is 0 Å². The minimum Gasteiger partial charge on any atom is -0.327 e. The van der Waals surface area contributed by atoms with E-state index in [1.54, 1.807) is 0 Å². The molecular formula is C11H22N2. The molecule has 0 aromatic rings. The van der Waals surface area contributed by atoms with Gasteiger partial charge in [0, 0.05) is 11.6 Å². The van der Waals surface area contributed by atoms with Crippen LogP contribution in [0.3, 0.4) is 0 Å². The molecule has 2 aliphatic carbocycles. The van der Waals surface area contributed by atoms with Crippen LogP contribution >= 0.6 is 0 Å². The van der Waals surface area contributed by atoms with E-state index in [9.17, 15) is 0 Å². The molecule has 0 aliphatic heterocycles. The largest absolute Gasteiger partial charge is 0.327 e. The lowest BCUT2D eigenvalue weighted by Crippen LogP contribution is -2.50. The topological polar surface area (TPSA) is 38.0 Å². The zero-order valence-electron chi connectivity index (χ0n) is 8.68. The molecule has 0 saturated heterocycles. The fraction of sp³-hybridized carbons (Fsp3) is 1.00. The molecular weight excluding hydrogens is 160 g/mol. The molecule has 0 radical (unpaired) electrons. The van der Waals surface area contributed by atoms with E-state index in [2.05, 4.69) is 12.2 Å². The highest BCUT2D eigenvalue weighted by atomic mass is 15.0. The van der Waals surface area contributed by atoms with Gasteiger partial charge >= 0.3 is 0 Å². The molecule has 2 aliphatic rings. The van der Waals surface area contributed by atoms with Gasteiger partial charge in [0.2, 0.25) is 0 Å². The second-order valence-corrected chi connectivity index (χ2v) is 5.15. The van der Waals surface area contributed by atoms with E-state index >= 15 is 0 Å². The van der Waals surface area contributed by atoms with Gasteiger partial charge in [-0.25, -0.2) is 0 Å². The van der Waals surface area contributed by atoms with Crippen molar-refractivity contribution >= 4 is 0 Å². The lowest BCUT2D eigenvalue weighted by atomic mass is 9.78. The van der Waals surface area contributed by atoms with Crippen molar-refractivity contribution in [3.8, 4) is 0 Å². The standard InChI is InChI=1S/C11H22N2/c1-11(6-3-7-11)13-8-9-4-2-5-10(9)12/h9-10,13H,2-8,12H2,1H3. The van der Waals surface area contributed by atoms with Gasteiger partial charge in [0.15, 0.2) is 0 Å². The Kier molecular flexibility index (Phi) is 2.61. The SMILES string of the molecule is CC1(NCC2CCCC2N)CCC1. The quantitative estimate of drug-likeness (QED) is 0.696. The van der Waals surface area contributed by atoms with Crippen LogP contribution in [0.25, 0.3) is 0 Å². The first-order valence-electron chi connectivity index (χ1n) is 5.70. The second kappa shape index (κ2) is 3.58. The summed E-state index contributed by atoms with van der Waals surface area (Å²) in [4.78, 5) is 0. The van der Waals surface area contributed by atoms with Crippen LogP contribution in [0.2, 0.25) is 0 Å². The molecule has 2 unspecified atom stereocenters. The summed E-state index contributed by atoms with van der Waals surface area (Å²) in [5, 5.41) is 3.69. The maximum Gasteiger partial charge on any atom is 0.0153 e. The first-order chi connectivity index (χ1) is 6.20. The Labute approximate surface area is 81.3 Å². The average molecular weight is 182 g/mol. The van der Waals surface area contributed by atoms with Crippen molar-refractivity contribution in [2.24, 2.45) is 11.7 Å². The molecule has 0 amide bonds. The molecule has 76 valence electrons. The number of nitrogens with one attached hydrogen (secondary N) is 1. The van der Waals surface area contributed by atoms with Crippen molar-refractivity contribution in [2.45, 2.75) is 57.0 Å². The molecule has 2 heteroatoms. The monoisotopic (exact) mass is 182 g/mol. The molecule has 2 fully saturated rings. The van der Waals surface area contributed by atoms with Gasteiger partial charge in [0.25, 0.3) is 0 Å². The van der Waals surface area contributed by atoms with Gasteiger partial charge in [-0.05, 0) is 51.5 Å². The maximum absolute atomic E-state index is 6.03. The van der Waals surface area contributed by atoms with Crippen LogP contribution in [0.5, 0.6) is 0 Å². The molecule has 0 heterocycles. The molecule has 0 aromatic heterocycles. The third-order valence-electron chi connectivity index (χ3n) is 3.97. The third-order valence-corrected chi connectivity index (χ3v) is 3.97. The van der Waals surface area contributed by atoms with E-state index in [-0.39, 0.29) is 0 Å². The number of rotatable bonds is 3. The van der Waals surface area contributed by atoms with Gasteiger partial charge in [-0.2, -0.15) is 0 Å². The highest BCUT2D eigenvalue weighted by Gasteiger charge is 2.33. The van der Waals surface area contributed by atoms with Gasteiger partial charge in [-0.1, -0.05) is 6.42 Å². The van der Waals surface area contributed by atoms with Crippen LogP contribution in [0.15, 0.2) is 0 Å². The highest BCUT2D eigenvalue weighted by molar-refractivity contribution is 4.93. The Morgan fingerprint density at radius 1 is 1.31 bits per heavy atom. The predicted octanol–water partition coefficient (Wildman–Crippen LogP) is 1.65. The summed E-state index contributed by atoms with van der Waals surface area (Å²) in [5.41, 5.74) is 6.49. The Bertz CT molecular complexity index is 175. The zero-order chi connectivity index (χ0) is 9.31. The Morgan fingerprint density at radius 2 is 2.08 bits per heavy atom. The summed E-state index contributed by atoms with van der Waals surface area (Å²) < 4.78 is 0. The maximum atomic E-state index is 6.03. The van der Waals surface area contributed by atoms with Crippen LogP contribution < -0.4 is 11.1 Å². The van der Waals surface area contributed by atoms with Gasteiger partial charge < -0.3 is 11.1 Å². The smallest absolute Gasteiger partial charge is 0.0153 e. The fourth-order valence-electron chi connectivity index (χ4n) is 2.58. The summed E-state index contributed by atoms with van der Waals surface area (Å²) in [6, 6.07) is 0.469. The summed E-state index contributed by atoms with van der Waals surface area (Å²) >= 11 is 0. The van der Waals surface area contributed by atoms with Crippen LogP contribution in [0.1, 0.15) is 45.4 Å². The van der Waals surface area contributed by atoms with Crippen molar-refractivity contribution in [3.63, 3.8) is 0 Å². The number of nitrogens with two attached hydrogens (primary N) is 1.